The molecule has 0 heterocycles. The third kappa shape index (κ3) is 4.78. The van der Waals surface area contributed by atoms with E-state index in [4.69, 9.17) is 4.74 Å². The zero-order chi connectivity index (χ0) is 17.5. The molecule has 126 valence electrons. The van der Waals surface area contributed by atoms with E-state index in [0.717, 1.165) is 5.75 Å². The monoisotopic (exact) mass is 347 g/mol. The Balaban J connectivity index is 1.85. The average molecular weight is 347 g/mol. The van der Waals surface area contributed by atoms with Crippen LogP contribution in [0.1, 0.15) is 16.7 Å². The summed E-state index contributed by atoms with van der Waals surface area (Å²) in [5.74, 6) is 0.955. The number of aliphatic imine (C=N–C) groups is 1. The second-order valence-corrected chi connectivity index (χ2v) is 7.20. The standard InChI is InChI=1S/C22H22NOP/c1-17-12-13-20(24-16-18-8-4-3-5-9-18)22(14-17)25-21-11-7-6-10-19(21)15-23-2/h3-15,25H,16H2,1-2H3. The van der Waals surface area contributed by atoms with Crippen LogP contribution in [-0.2, 0) is 6.61 Å². The van der Waals surface area contributed by atoms with Gasteiger partial charge < -0.3 is 4.74 Å². The lowest BCUT2D eigenvalue weighted by molar-refractivity contribution is 0.309. The van der Waals surface area contributed by atoms with Gasteiger partial charge in [-0.15, -0.1) is 0 Å². The Kier molecular flexibility index (Phi) is 5.98. The zero-order valence-corrected chi connectivity index (χ0v) is 15.6. The number of rotatable bonds is 6. The van der Waals surface area contributed by atoms with Crippen LogP contribution in [0, 0.1) is 6.92 Å². The number of aryl methyl sites for hydroxylation is 1. The zero-order valence-electron chi connectivity index (χ0n) is 14.6. The molecule has 0 amide bonds. The van der Waals surface area contributed by atoms with E-state index in [1.807, 2.05) is 30.5 Å². The summed E-state index contributed by atoms with van der Waals surface area (Å²) in [7, 11) is 2.34. The SMILES string of the molecule is CN=Cc1ccccc1Pc1cc(C)ccc1OCc1ccccc1. The molecule has 3 aromatic carbocycles. The molecule has 2 nitrogen and oxygen atoms in total. The minimum Gasteiger partial charge on any atom is -0.488 e. The lowest BCUT2D eigenvalue weighted by Gasteiger charge is -2.14. The third-order valence-electron chi connectivity index (χ3n) is 3.87. The molecule has 0 aromatic heterocycles. The fourth-order valence-corrected chi connectivity index (χ4v) is 3.95. The highest BCUT2D eigenvalue weighted by Gasteiger charge is 2.08. The quantitative estimate of drug-likeness (QED) is 0.482. The maximum absolute atomic E-state index is 6.12. The summed E-state index contributed by atoms with van der Waals surface area (Å²) in [6.45, 7) is 2.70. The van der Waals surface area contributed by atoms with Crippen molar-refractivity contribution < 1.29 is 4.74 Å². The molecule has 0 N–H and O–H groups in total. The minimum atomic E-state index is 0.532. The maximum atomic E-state index is 6.12. The second kappa shape index (κ2) is 8.60. The molecule has 0 aliphatic rings. The topological polar surface area (TPSA) is 21.6 Å². The first-order valence-corrected chi connectivity index (χ1v) is 9.32. The van der Waals surface area contributed by atoms with Gasteiger partial charge in [-0.3, -0.25) is 4.99 Å². The molecule has 0 aliphatic carbocycles. The Morgan fingerprint density at radius 1 is 0.920 bits per heavy atom. The predicted octanol–water partition coefficient (Wildman–Crippen LogP) is 4.25. The van der Waals surface area contributed by atoms with E-state index >= 15 is 0 Å². The molecular weight excluding hydrogens is 325 g/mol. The van der Waals surface area contributed by atoms with Crippen LogP contribution < -0.4 is 15.3 Å². The number of hydrogen-bond acceptors (Lipinski definition) is 2. The molecule has 3 heteroatoms. The summed E-state index contributed by atoms with van der Waals surface area (Å²) in [5, 5.41) is 2.51. The molecule has 0 saturated carbocycles. The minimum absolute atomic E-state index is 0.532. The van der Waals surface area contributed by atoms with Gasteiger partial charge in [0, 0.05) is 18.6 Å². The lowest BCUT2D eigenvalue weighted by atomic mass is 10.2. The number of hydrogen-bond donors (Lipinski definition) is 0. The van der Waals surface area contributed by atoms with Gasteiger partial charge in [0.25, 0.3) is 0 Å². The second-order valence-electron chi connectivity index (χ2n) is 5.87. The van der Waals surface area contributed by atoms with Gasteiger partial charge in [-0.2, -0.15) is 0 Å². The highest BCUT2D eigenvalue weighted by Crippen LogP contribution is 2.22. The van der Waals surface area contributed by atoms with Crippen molar-refractivity contribution in [1.82, 2.24) is 0 Å². The van der Waals surface area contributed by atoms with Crippen molar-refractivity contribution in [3.05, 3.63) is 89.5 Å². The van der Waals surface area contributed by atoms with Gasteiger partial charge in [0.15, 0.2) is 0 Å². The molecule has 0 fully saturated rings. The van der Waals surface area contributed by atoms with Crippen molar-refractivity contribution in [3.63, 3.8) is 0 Å². The first-order chi connectivity index (χ1) is 12.3. The van der Waals surface area contributed by atoms with Gasteiger partial charge in [0.2, 0.25) is 0 Å². The maximum Gasteiger partial charge on any atom is 0.127 e. The predicted molar refractivity (Wildman–Crippen MR) is 109 cm³/mol. The number of benzene rings is 3. The van der Waals surface area contributed by atoms with Crippen LogP contribution >= 0.6 is 8.58 Å². The molecule has 1 unspecified atom stereocenters. The smallest absolute Gasteiger partial charge is 0.127 e. The summed E-state index contributed by atoms with van der Waals surface area (Å²) in [6.07, 6.45) is 1.92. The van der Waals surface area contributed by atoms with Crippen molar-refractivity contribution in [3.8, 4) is 5.75 Å². The van der Waals surface area contributed by atoms with Crippen molar-refractivity contribution in [2.75, 3.05) is 7.05 Å². The molecule has 3 rings (SSSR count). The molecule has 0 bridgehead atoms. The van der Waals surface area contributed by atoms with E-state index in [-0.39, 0.29) is 0 Å². The molecule has 0 saturated heterocycles. The van der Waals surface area contributed by atoms with Crippen molar-refractivity contribution in [2.24, 2.45) is 4.99 Å². The van der Waals surface area contributed by atoms with Gasteiger partial charge >= 0.3 is 0 Å². The summed E-state index contributed by atoms with van der Waals surface area (Å²) in [5.41, 5.74) is 3.59. The van der Waals surface area contributed by atoms with Crippen LogP contribution in [0.2, 0.25) is 0 Å². The number of nitrogens with zero attached hydrogens (tertiary/aromatic N) is 1. The molecule has 0 spiro atoms. The van der Waals surface area contributed by atoms with E-state index in [1.165, 1.54) is 27.3 Å². The Morgan fingerprint density at radius 2 is 1.68 bits per heavy atom. The summed E-state index contributed by atoms with van der Waals surface area (Å²) >= 11 is 0. The van der Waals surface area contributed by atoms with Crippen LogP contribution in [0.4, 0.5) is 0 Å². The summed E-state index contributed by atoms with van der Waals surface area (Å²) in [6, 6.07) is 25.1. The van der Waals surface area contributed by atoms with Gasteiger partial charge in [-0.05, 0) is 35.5 Å². The normalized spacial score (nSPS) is 11.4. The summed E-state index contributed by atoms with van der Waals surface area (Å²) < 4.78 is 6.12. The molecule has 0 radical (unpaired) electrons. The molecular formula is C22H22NOP. The van der Waals surface area contributed by atoms with E-state index in [0.29, 0.717) is 15.2 Å². The molecule has 25 heavy (non-hydrogen) atoms. The lowest BCUT2D eigenvalue weighted by Crippen LogP contribution is -2.12. The first kappa shape index (κ1) is 17.4. The Labute approximate surface area is 151 Å². The largest absolute Gasteiger partial charge is 0.488 e. The van der Waals surface area contributed by atoms with Crippen LogP contribution in [0.3, 0.4) is 0 Å². The number of ether oxygens (including phenoxy) is 1. The fraction of sp³-hybridized carbons (Fsp3) is 0.136. The van der Waals surface area contributed by atoms with E-state index in [9.17, 15) is 0 Å². The Bertz CT molecular complexity index is 859. The molecule has 1 atom stereocenters. The van der Waals surface area contributed by atoms with Gasteiger partial charge in [0.05, 0.1) is 0 Å². The van der Waals surface area contributed by atoms with E-state index in [2.05, 4.69) is 60.4 Å². The van der Waals surface area contributed by atoms with Crippen LogP contribution in [0.25, 0.3) is 0 Å². The van der Waals surface area contributed by atoms with Crippen molar-refractivity contribution in [1.29, 1.82) is 0 Å². The van der Waals surface area contributed by atoms with Gasteiger partial charge in [0.1, 0.15) is 12.4 Å². The van der Waals surface area contributed by atoms with Gasteiger partial charge in [-0.25, -0.2) is 0 Å². The van der Waals surface area contributed by atoms with Crippen molar-refractivity contribution in [2.45, 2.75) is 13.5 Å². The first-order valence-electron chi connectivity index (χ1n) is 8.32. The van der Waals surface area contributed by atoms with Crippen molar-refractivity contribution >= 4 is 25.4 Å². The summed E-state index contributed by atoms with van der Waals surface area (Å²) in [4.78, 5) is 4.17. The van der Waals surface area contributed by atoms with Crippen LogP contribution in [0.5, 0.6) is 5.75 Å². The molecule has 0 aliphatic heterocycles. The Hall–Kier alpha value is -2.44. The fourth-order valence-electron chi connectivity index (χ4n) is 2.61. The van der Waals surface area contributed by atoms with Gasteiger partial charge in [-0.1, -0.05) is 74.8 Å². The highest BCUT2D eigenvalue weighted by atomic mass is 31.1. The molecule has 3 aromatic rings. The average Bonchev–Trinajstić information content (AvgIpc) is 2.64. The van der Waals surface area contributed by atoms with E-state index in [1.54, 1.807) is 7.05 Å². The van der Waals surface area contributed by atoms with E-state index < -0.39 is 0 Å². The third-order valence-corrected chi connectivity index (χ3v) is 5.26. The Morgan fingerprint density at radius 3 is 2.48 bits per heavy atom. The highest BCUT2D eigenvalue weighted by molar-refractivity contribution is 7.56. The van der Waals surface area contributed by atoms with Crippen LogP contribution in [-0.4, -0.2) is 13.3 Å². The van der Waals surface area contributed by atoms with Crippen LogP contribution in [0.15, 0.2) is 77.8 Å².